The van der Waals surface area contributed by atoms with E-state index >= 15 is 0 Å². The van der Waals surface area contributed by atoms with Gasteiger partial charge in [-0.05, 0) is 25.3 Å². The minimum atomic E-state index is -0.196. The smallest absolute Gasteiger partial charge is 0.280 e. The third-order valence-corrected chi connectivity index (χ3v) is 3.90. The highest BCUT2D eigenvalue weighted by atomic mass is 32.1. The number of amides is 2. The van der Waals surface area contributed by atoms with Gasteiger partial charge in [-0.2, -0.15) is 5.26 Å². The molecule has 0 bridgehead atoms. The molecule has 1 rings (SSSR count). The maximum Gasteiger partial charge on any atom is 0.280 e. The fourth-order valence-electron chi connectivity index (χ4n) is 1.95. The Hall–Kier alpha value is -1.91. The number of likely N-dealkylation sites (N-methyl/N-ethyl adjacent to an activating group) is 2. The van der Waals surface area contributed by atoms with E-state index in [2.05, 4.69) is 5.32 Å². The van der Waals surface area contributed by atoms with Crippen LogP contribution in [-0.4, -0.2) is 49.9 Å². The molecule has 0 aliphatic heterocycles. The molecule has 1 aromatic heterocycles. The molecule has 0 spiro atoms. The van der Waals surface area contributed by atoms with Crippen molar-refractivity contribution in [3.05, 3.63) is 17.0 Å². The van der Waals surface area contributed by atoms with Crippen molar-refractivity contribution in [2.75, 3.05) is 38.5 Å². The van der Waals surface area contributed by atoms with Gasteiger partial charge in [-0.15, -0.1) is 11.3 Å². The van der Waals surface area contributed by atoms with E-state index in [-0.39, 0.29) is 24.9 Å². The van der Waals surface area contributed by atoms with Gasteiger partial charge in [0, 0.05) is 13.1 Å². The van der Waals surface area contributed by atoms with Gasteiger partial charge in [0.25, 0.3) is 11.8 Å². The Balaban J connectivity index is 2.48. The van der Waals surface area contributed by atoms with Gasteiger partial charge in [-0.1, -0.05) is 0 Å². The van der Waals surface area contributed by atoms with Gasteiger partial charge in [0.1, 0.15) is 11.1 Å². The third kappa shape index (κ3) is 5.17. The van der Waals surface area contributed by atoms with E-state index in [1.54, 1.807) is 23.4 Å². The highest BCUT2D eigenvalue weighted by Crippen LogP contribution is 2.21. The molecule has 2 amide bonds. The second-order valence-corrected chi connectivity index (χ2v) is 5.62. The Labute approximate surface area is 129 Å². The van der Waals surface area contributed by atoms with Gasteiger partial charge >= 0.3 is 0 Å². The number of carbonyl (C=O) groups is 2. The molecular formula is C14H21N4O2S+. The molecule has 0 fully saturated rings. The largest absolute Gasteiger partial charge is 0.338 e. The number of carbonyl (C=O) groups excluding carboxylic acids is 2. The van der Waals surface area contributed by atoms with Gasteiger partial charge in [0.2, 0.25) is 0 Å². The molecule has 1 unspecified atom stereocenters. The molecule has 0 saturated carbocycles. The van der Waals surface area contributed by atoms with Crippen molar-refractivity contribution in [2.24, 2.45) is 0 Å². The third-order valence-electron chi connectivity index (χ3n) is 3.07. The fraction of sp³-hybridized carbons (Fsp3) is 0.500. The second kappa shape index (κ2) is 8.39. The zero-order valence-electron chi connectivity index (χ0n) is 12.6. The lowest BCUT2D eigenvalue weighted by atomic mass is 10.3. The van der Waals surface area contributed by atoms with E-state index in [0.29, 0.717) is 23.7 Å². The topological polar surface area (TPSA) is 77.6 Å². The first-order chi connectivity index (χ1) is 10.0. The summed E-state index contributed by atoms with van der Waals surface area (Å²) in [5, 5.41) is 13.9. The predicted molar refractivity (Wildman–Crippen MR) is 82.2 cm³/mol. The van der Waals surface area contributed by atoms with Crippen molar-refractivity contribution < 1.29 is 14.5 Å². The molecule has 114 valence electrons. The molecule has 0 aliphatic rings. The van der Waals surface area contributed by atoms with Crippen LogP contribution in [0.5, 0.6) is 0 Å². The minimum absolute atomic E-state index is 0.0409. The summed E-state index contributed by atoms with van der Waals surface area (Å²) in [5.41, 5.74) is 0.463. The lowest BCUT2D eigenvalue weighted by molar-refractivity contribution is -0.862. The molecule has 0 saturated heterocycles. The molecule has 7 heteroatoms. The Morgan fingerprint density at radius 2 is 2.05 bits per heavy atom. The summed E-state index contributed by atoms with van der Waals surface area (Å²) in [6.45, 7) is 5.69. The van der Waals surface area contributed by atoms with E-state index in [0.717, 1.165) is 4.90 Å². The van der Waals surface area contributed by atoms with Crippen molar-refractivity contribution in [1.82, 2.24) is 4.90 Å². The van der Waals surface area contributed by atoms with Crippen molar-refractivity contribution in [3.63, 3.8) is 0 Å². The van der Waals surface area contributed by atoms with Crippen LogP contribution < -0.4 is 10.2 Å². The summed E-state index contributed by atoms with van der Waals surface area (Å²) in [7, 11) is 1.81. The van der Waals surface area contributed by atoms with Crippen LogP contribution in [-0.2, 0) is 9.59 Å². The van der Waals surface area contributed by atoms with Crippen LogP contribution in [0.15, 0.2) is 11.4 Å². The monoisotopic (exact) mass is 309 g/mol. The van der Waals surface area contributed by atoms with Gasteiger partial charge in [-0.3, -0.25) is 9.59 Å². The molecular weight excluding hydrogens is 288 g/mol. The molecule has 2 N–H and O–H groups in total. The van der Waals surface area contributed by atoms with Gasteiger partial charge in [-0.25, -0.2) is 0 Å². The number of rotatable bonds is 7. The number of nitrogens with zero attached hydrogens (tertiary/aromatic N) is 2. The van der Waals surface area contributed by atoms with Crippen molar-refractivity contribution in [3.8, 4) is 6.07 Å². The normalized spacial score (nSPS) is 11.5. The number of nitrogens with one attached hydrogen (secondary N) is 2. The zero-order chi connectivity index (χ0) is 15.8. The van der Waals surface area contributed by atoms with Crippen LogP contribution >= 0.6 is 11.3 Å². The van der Waals surface area contributed by atoms with Crippen LogP contribution in [0.25, 0.3) is 0 Å². The number of hydrogen-bond acceptors (Lipinski definition) is 4. The molecule has 1 atom stereocenters. The Morgan fingerprint density at radius 3 is 2.62 bits per heavy atom. The fourth-order valence-corrected chi connectivity index (χ4v) is 2.70. The second-order valence-electron chi connectivity index (χ2n) is 4.70. The van der Waals surface area contributed by atoms with E-state index in [9.17, 15) is 9.59 Å². The van der Waals surface area contributed by atoms with E-state index in [1.807, 2.05) is 19.9 Å². The summed E-state index contributed by atoms with van der Waals surface area (Å²) in [6, 6.07) is 3.69. The lowest BCUT2D eigenvalue weighted by Gasteiger charge is -2.20. The van der Waals surface area contributed by atoms with E-state index in [4.69, 9.17) is 5.26 Å². The summed E-state index contributed by atoms with van der Waals surface area (Å²) >= 11 is 1.32. The zero-order valence-corrected chi connectivity index (χ0v) is 13.4. The quantitative estimate of drug-likeness (QED) is 0.741. The average molecular weight is 309 g/mol. The summed E-state index contributed by atoms with van der Waals surface area (Å²) in [4.78, 5) is 26.4. The van der Waals surface area contributed by atoms with Crippen LogP contribution in [0, 0.1) is 11.3 Å². The lowest BCUT2D eigenvalue weighted by Crippen LogP contribution is -3.11. The van der Waals surface area contributed by atoms with Crippen LogP contribution in [0.3, 0.4) is 0 Å². The van der Waals surface area contributed by atoms with Gasteiger partial charge < -0.3 is 15.1 Å². The van der Waals surface area contributed by atoms with Crippen molar-refractivity contribution in [2.45, 2.75) is 13.8 Å². The Bertz CT molecular complexity index is 531. The summed E-state index contributed by atoms with van der Waals surface area (Å²) in [5.74, 6) is -0.155. The minimum Gasteiger partial charge on any atom is -0.338 e. The molecule has 21 heavy (non-hydrogen) atoms. The van der Waals surface area contributed by atoms with Crippen LogP contribution in [0.1, 0.15) is 19.4 Å². The van der Waals surface area contributed by atoms with Crippen molar-refractivity contribution in [1.29, 1.82) is 5.26 Å². The Kier molecular flexibility index (Phi) is 6.85. The molecule has 6 nitrogen and oxygen atoms in total. The van der Waals surface area contributed by atoms with E-state index in [1.165, 1.54) is 11.3 Å². The molecule has 1 heterocycles. The number of anilines is 1. The standard InChI is InChI=1S/C14H20N4O2S/c1-4-18(5-2)13(20)10-17(3)9-12(19)16-14-11(8-15)6-7-21-14/h6-7H,4-5,9-10H2,1-3H3,(H,16,19)/p+1. The highest BCUT2D eigenvalue weighted by Gasteiger charge is 2.18. The first-order valence-corrected chi connectivity index (χ1v) is 7.76. The summed E-state index contributed by atoms with van der Waals surface area (Å²) in [6.07, 6.45) is 0. The predicted octanol–water partition coefficient (Wildman–Crippen LogP) is -0.0586. The SMILES string of the molecule is CCN(CC)C(=O)C[NH+](C)CC(=O)Nc1sccc1C#N. The van der Waals surface area contributed by atoms with E-state index < -0.39 is 0 Å². The highest BCUT2D eigenvalue weighted by molar-refractivity contribution is 7.14. The summed E-state index contributed by atoms with van der Waals surface area (Å²) < 4.78 is 0. The molecule has 1 aromatic rings. The molecule has 0 aliphatic carbocycles. The Morgan fingerprint density at radius 1 is 1.38 bits per heavy atom. The van der Waals surface area contributed by atoms with Crippen molar-refractivity contribution >= 4 is 28.2 Å². The van der Waals surface area contributed by atoms with Gasteiger partial charge in [0.05, 0.1) is 12.6 Å². The maximum absolute atomic E-state index is 11.9. The first kappa shape index (κ1) is 17.1. The molecule has 0 radical (unpaired) electrons. The number of thiophene rings is 1. The molecule has 0 aromatic carbocycles. The maximum atomic E-state index is 11.9. The number of quaternary nitrogens is 1. The number of hydrogen-bond donors (Lipinski definition) is 2. The van der Waals surface area contributed by atoms with Gasteiger partial charge in [0.15, 0.2) is 13.1 Å². The average Bonchev–Trinajstić information content (AvgIpc) is 2.86. The number of nitriles is 1. The first-order valence-electron chi connectivity index (χ1n) is 6.88. The van der Waals surface area contributed by atoms with Crippen LogP contribution in [0.2, 0.25) is 0 Å². The van der Waals surface area contributed by atoms with Crippen LogP contribution in [0.4, 0.5) is 5.00 Å².